The molecule has 1 amide bonds. The summed E-state index contributed by atoms with van der Waals surface area (Å²) in [5.74, 6) is 0.528. The van der Waals surface area contributed by atoms with E-state index in [1.165, 1.54) is 16.7 Å². The lowest BCUT2D eigenvalue weighted by Crippen LogP contribution is -2.16. The fourth-order valence-electron chi connectivity index (χ4n) is 2.42. The Labute approximate surface area is 90.7 Å². The SMILES string of the molecule is Cc1cc(C)c2c(c1)C(C(C)C)C(=O)N2. The van der Waals surface area contributed by atoms with Crippen LogP contribution >= 0.6 is 0 Å². The largest absolute Gasteiger partial charge is 0.325 e. The minimum Gasteiger partial charge on any atom is -0.325 e. The Bertz CT molecular complexity index is 421. The second-order valence-electron chi connectivity index (χ2n) is 4.76. The van der Waals surface area contributed by atoms with Gasteiger partial charge in [0.25, 0.3) is 0 Å². The summed E-state index contributed by atoms with van der Waals surface area (Å²) in [5, 5.41) is 2.99. The smallest absolute Gasteiger partial charge is 0.232 e. The van der Waals surface area contributed by atoms with Gasteiger partial charge >= 0.3 is 0 Å². The summed E-state index contributed by atoms with van der Waals surface area (Å²) < 4.78 is 0. The highest BCUT2D eigenvalue weighted by molar-refractivity contribution is 6.03. The number of carbonyl (C=O) groups is 1. The summed E-state index contributed by atoms with van der Waals surface area (Å²) in [5.41, 5.74) is 4.60. The minimum absolute atomic E-state index is 0.0265. The molecule has 2 rings (SSSR count). The molecular weight excluding hydrogens is 186 g/mol. The van der Waals surface area contributed by atoms with Gasteiger partial charge in [0.1, 0.15) is 0 Å². The van der Waals surface area contributed by atoms with Crippen LogP contribution in [0.25, 0.3) is 0 Å². The molecule has 1 atom stereocenters. The molecule has 1 unspecified atom stereocenters. The Balaban J connectivity index is 2.58. The van der Waals surface area contributed by atoms with Gasteiger partial charge in [-0.25, -0.2) is 0 Å². The molecule has 15 heavy (non-hydrogen) atoms. The highest BCUT2D eigenvalue weighted by Crippen LogP contribution is 2.39. The molecule has 1 aliphatic rings. The molecule has 0 fully saturated rings. The zero-order valence-corrected chi connectivity index (χ0v) is 9.72. The third-order valence-electron chi connectivity index (χ3n) is 3.04. The minimum atomic E-state index is 0.0265. The predicted octanol–water partition coefficient (Wildman–Crippen LogP) is 3.00. The molecule has 0 aliphatic carbocycles. The highest BCUT2D eigenvalue weighted by atomic mass is 16.2. The van der Waals surface area contributed by atoms with Gasteiger partial charge in [0.2, 0.25) is 5.91 Å². The number of anilines is 1. The van der Waals surface area contributed by atoms with E-state index in [9.17, 15) is 4.79 Å². The summed E-state index contributed by atoms with van der Waals surface area (Å²) in [6.07, 6.45) is 0. The second-order valence-corrected chi connectivity index (χ2v) is 4.76. The monoisotopic (exact) mass is 203 g/mol. The van der Waals surface area contributed by atoms with Gasteiger partial charge in [-0.3, -0.25) is 4.79 Å². The van der Waals surface area contributed by atoms with Crippen LogP contribution in [0.1, 0.15) is 36.5 Å². The van der Waals surface area contributed by atoms with Gasteiger partial charge in [-0.05, 0) is 30.9 Å². The Morgan fingerprint density at radius 3 is 2.53 bits per heavy atom. The summed E-state index contributed by atoms with van der Waals surface area (Å²) in [6, 6.07) is 4.24. The maximum Gasteiger partial charge on any atom is 0.232 e. The van der Waals surface area contributed by atoms with Crippen LogP contribution < -0.4 is 5.32 Å². The summed E-state index contributed by atoms with van der Waals surface area (Å²) in [4.78, 5) is 11.8. The number of rotatable bonds is 1. The maximum atomic E-state index is 11.8. The van der Waals surface area contributed by atoms with Crippen LogP contribution in [-0.4, -0.2) is 5.91 Å². The van der Waals surface area contributed by atoms with E-state index in [1.54, 1.807) is 0 Å². The fourth-order valence-corrected chi connectivity index (χ4v) is 2.42. The molecule has 80 valence electrons. The maximum absolute atomic E-state index is 11.8. The van der Waals surface area contributed by atoms with Crippen LogP contribution in [0.4, 0.5) is 5.69 Å². The second kappa shape index (κ2) is 3.37. The summed E-state index contributed by atoms with van der Waals surface area (Å²) in [7, 11) is 0. The van der Waals surface area contributed by atoms with Crippen LogP contribution in [0, 0.1) is 19.8 Å². The number of hydrogen-bond acceptors (Lipinski definition) is 1. The average molecular weight is 203 g/mol. The molecule has 0 saturated heterocycles. The van der Waals surface area contributed by atoms with Gasteiger partial charge in [0, 0.05) is 5.69 Å². The van der Waals surface area contributed by atoms with Crippen molar-refractivity contribution in [1.82, 2.24) is 0 Å². The van der Waals surface area contributed by atoms with E-state index in [1.807, 2.05) is 0 Å². The van der Waals surface area contributed by atoms with Gasteiger partial charge in [-0.2, -0.15) is 0 Å². The first kappa shape index (κ1) is 10.2. The van der Waals surface area contributed by atoms with Crippen molar-refractivity contribution < 1.29 is 4.79 Å². The Kier molecular flexibility index (Phi) is 2.29. The van der Waals surface area contributed by atoms with E-state index in [2.05, 4.69) is 45.1 Å². The Morgan fingerprint density at radius 2 is 1.93 bits per heavy atom. The normalized spacial score (nSPS) is 19.3. The van der Waals surface area contributed by atoms with Crippen molar-refractivity contribution in [2.45, 2.75) is 33.6 Å². The predicted molar refractivity (Wildman–Crippen MR) is 62.1 cm³/mol. The molecule has 1 heterocycles. The summed E-state index contributed by atoms with van der Waals surface area (Å²) >= 11 is 0. The van der Waals surface area contributed by atoms with Crippen molar-refractivity contribution in [2.75, 3.05) is 5.32 Å². The molecule has 1 aliphatic heterocycles. The first-order valence-electron chi connectivity index (χ1n) is 5.42. The number of hydrogen-bond donors (Lipinski definition) is 1. The zero-order valence-electron chi connectivity index (χ0n) is 9.72. The number of benzene rings is 1. The van der Waals surface area contributed by atoms with Gasteiger partial charge < -0.3 is 5.32 Å². The van der Waals surface area contributed by atoms with Crippen molar-refractivity contribution >= 4 is 11.6 Å². The quantitative estimate of drug-likeness (QED) is 0.747. The van der Waals surface area contributed by atoms with Crippen LogP contribution in [-0.2, 0) is 4.79 Å². The molecule has 2 nitrogen and oxygen atoms in total. The van der Waals surface area contributed by atoms with E-state index in [0.29, 0.717) is 5.92 Å². The molecule has 1 N–H and O–H groups in total. The van der Waals surface area contributed by atoms with Crippen LogP contribution in [0.15, 0.2) is 12.1 Å². The molecule has 2 heteroatoms. The van der Waals surface area contributed by atoms with E-state index in [-0.39, 0.29) is 11.8 Å². The summed E-state index contributed by atoms with van der Waals surface area (Å²) in [6.45, 7) is 8.32. The van der Waals surface area contributed by atoms with E-state index in [4.69, 9.17) is 0 Å². The van der Waals surface area contributed by atoms with Crippen molar-refractivity contribution in [3.8, 4) is 0 Å². The van der Waals surface area contributed by atoms with Crippen molar-refractivity contribution in [3.63, 3.8) is 0 Å². The lowest BCUT2D eigenvalue weighted by Gasteiger charge is -2.13. The number of nitrogens with one attached hydrogen (secondary N) is 1. The van der Waals surface area contributed by atoms with Crippen molar-refractivity contribution in [3.05, 3.63) is 28.8 Å². The molecule has 0 saturated carbocycles. The van der Waals surface area contributed by atoms with Gasteiger partial charge in [-0.15, -0.1) is 0 Å². The molecule has 1 aromatic rings. The number of carbonyl (C=O) groups excluding carboxylic acids is 1. The lowest BCUT2D eigenvalue weighted by atomic mass is 9.88. The van der Waals surface area contributed by atoms with E-state index >= 15 is 0 Å². The molecule has 0 bridgehead atoms. The standard InChI is InChI=1S/C13H17NO/c1-7(2)11-10-6-8(3)5-9(4)12(10)14-13(11)15/h5-7,11H,1-4H3,(H,14,15). The van der Waals surface area contributed by atoms with Crippen molar-refractivity contribution in [2.24, 2.45) is 5.92 Å². The first-order valence-corrected chi connectivity index (χ1v) is 5.42. The van der Waals surface area contributed by atoms with Crippen LogP contribution in [0.3, 0.4) is 0 Å². The molecule has 0 aromatic heterocycles. The van der Waals surface area contributed by atoms with Crippen LogP contribution in [0.2, 0.25) is 0 Å². The van der Waals surface area contributed by atoms with E-state index < -0.39 is 0 Å². The third-order valence-corrected chi connectivity index (χ3v) is 3.04. The van der Waals surface area contributed by atoms with Gasteiger partial charge in [0.05, 0.1) is 5.92 Å². The molecule has 0 spiro atoms. The molecule has 1 aromatic carbocycles. The third kappa shape index (κ3) is 1.54. The Morgan fingerprint density at radius 1 is 1.27 bits per heavy atom. The lowest BCUT2D eigenvalue weighted by molar-refractivity contribution is -0.117. The van der Waals surface area contributed by atoms with Crippen LogP contribution in [0.5, 0.6) is 0 Å². The Hall–Kier alpha value is -1.31. The first-order chi connectivity index (χ1) is 7.00. The van der Waals surface area contributed by atoms with E-state index in [0.717, 1.165) is 5.69 Å². The molecule has 0 radical (unpaired) electrons. The fraction of sp³-hybridized carbons (Fsp3) is 0.462. The number of aryl methyl sites for hydroxylation is 2. The van der Waals surface area contributed by atoms with Gasteiger partial charge in [0.15, 0.2) is 0 Å². The zero-order chi connectivity index (χ0) is 11.2. The van der Waals surface area contributed by atoms with Gasteiger partial charge in [-0.1, -0.05) is 31.5 Å². The topological polar surface area (TPSA) is 29.1 Å². The average Bonchev–Trinajstić information content (AvgIpc) is 2.41. The molecular formula is C13H17NO. The van der Waals surface area contributed by atoms with Crippen molar-refractivity contribution in [1.29, 1.82) is 0 Å². The highest BCUT2D eigenvalue weighted by Gasteiger charge is 2.33. The number of fused-ring (bicyclic) bond motifs is 1. The number of amides is 1.